The number of rotatable bonds is 4. The fourth-order valence-electron chi connectivity index (χ4n) is 3.70. The first-order valence-electron chi connectivity index (χ1n) is 9.92. The van der Waals surface area contributed by atoms with E-state index in [1.54, 1.807) is 12.1 Å². The maximum Gasteiger partial charge on any atom is 0.273 e. The molecular formula is C22H19Cl2N5OS. The smallest absolute Gasteiger partial charge is 0.273 e. The van der Waals surface area contributed by atoms with Gasteiger partial charge in [0.1, 0.15) is 16.3 Å². The van der Waals surface area contributed by atoms with Crippen LogP contribution in [0, 0.1) is 0 Å². The van der Waals surface area contributed by atoms with E-state index in [9.17, 15) is 4.79 Å². The van der Waals surface area contributed by atoms with Crippen LogP contribution in [0.2, 0.25) is 10.0 Å². The minimum atomic E-state index is -0.0325. The highest BCUT2D eigenvalue weighted by atomic mass is 35.5. The van der Waals surface area contributed by atoms with Crippen LogP contribution in [0.5, 0.6) is 0 Å². The van der Waals surface area contributed by atoms with Crippen LogP contribution in [-0.2, 0) is 6.54 Å². The number of fused-ring (bicyclic) bond motifs is 1. The molecule has 0 N–H and O–H groups in total. The van der Waals surface area contributed by atoms with Gasteiger partial charge in [-0.3, -0.25) is 9.69 Å². The van der Waals surface area contributed by atoms with Gasteiger partial charge in [-0.05, 0) is 24.3 Å². The van der Waals surface area contributed by atoms with Crippen LogP contribution < -0.4 is 0 Å². The third kappa shape index (κ3) is 4.32. The van der Waals surface area contributed by atoms with Gasteiger partial charge >= 0.3 is 0 Å². The van der Waals surface area contributed by atoms with Crippen molar-refractivity contribution in [2.45, 2.75) is 6.54 Å². The van der Waals surface area contributed by atoms with Gasteiger partial charge in [0.2, 0.25) is 0 Å². The normalized spacial score (nSPS) is 15.0. The van der Waals surface area contributed by atoms with Crippen LogP contribution in [0.3, 0.4) is 0 Å². The van der Waals surface area contributed by atoms with Crippen LogP contribution in [0.4, 0.5) is 0 Å². The molecule has 1 saturated heterocycles. The summed E-state index contributed by atoms with van der Waals surface area (Å²) in [6.07, 6.45) is 4.06. The van der Waals surface area contributed by atoms with E-state index in [2.05, 4.69) is 21.1 Å². The zero-order valence-electron chi connectivity index (χ0n) is 16.5. The lowest BCUT2D eigenvalue weighted by molar-refractivity contribution is 0.0622. The number of benzene rings is 1. The van der Waals surface area contributed by atoms with Gasteiger partial charge in [0.05, 0.1) is 15.7 Å². The Labute approximate surface area is 193 Å². The molecule has 1 aromatic carbocycles. The van der Waals surface area contributed by atoms with Crippen LogP contribution in [-0.4, -0.2) is 56.3 Å². The summed E-state index contributed by atoms with van der Waals surface area (Å²) in [6.45, 7) is 3.74. The van der Waals surface area contributed by atoms with Gasteiger partial charge in [-0.25, -0.2) is 9.97 Å². The van der Waals surface area contributed by atoms with Crippen molar-refractivity contribution in [3.05, 3.63) is 75.6 Å². The van der Waals surface area contributed by atoms with Crippen LogP contribution >= 0.6 is 34.5 Å². The average Bonchev–Trinajstić information content (AvgIpc) is 3.42. The third-order valence-electron chi connectivity index (χ3n) is 5.35. The number of aromatic nitrogens is 3. The Morgan fingerprint density at radius 2 is 1.87 bits per heavy atom. The van der Waals surface area contributed by atoms with Crippen molar-refractivity contribution in [1.82, 2.24) is 24.2 Å². The highest BCUT2D eigenvalue weighted by Gasteiger charge is 2.24. The summed E-state index contributed by atoms with van der Waals surface area (Å²) in [5.41, 5.74) is 3.32. The predicted octanol–water partition coefficient (Wildman–Crippen LogP) is 4.72. The summed E-state index contributed by atoms with van der Waals surface area (Å²) < 4.78 is 2.03. The van der Waals surface area contributed by atoms with E-state index in [0.717, 1.165) is 41.5 Å². The van der Waals surface area contributed by atoms with E-state index in [0.29, 0.717) is 28.8 Å². The van der Waals surface area contributed by atoms with Crippen LogP contribution in [0.1, 0.15) is 16.2 Å². The summed E-state index contributed by atoms with van der Waals surface area (Å²) in [6, 6.07) is 11.4. The topological polar surface area (TPSA) is 53.7 Å². The van der Waals surface area contributed by atoms with E-state index < -0.39 is 0 Å². The number of thiazole rings is 1. The zero-order valence-corrected chi connectivity index (χ0v) is 18.9. The van der Waals surface area contributed by atoms with E-state index in [-0.39, 0.29) is 5.91 Å². The lowest BCUT2D eigenvalue weighted by Gasteiger charge is -2.34. The zero-order chi connectivity index (χ0) is 21.4. The molecule has 0 radical (unpaired) electrons. The van der Waals surface area contributed by atoms with Crippen molar-refractivity contribution in [3.63, 3.8) is 0 Å². The molecule has 6 nitrogen and oxygen atoms in total. The van der Waals surface area contributed by atoms with Crippen molar-refractivity contribution >= 4 is 46.1 Å². The summed E-state index contributed by atoms with van der Waals surface area (Å²) >= 11 is 13.5. The molecule has 0 bridgehead atoms. The van der Waals surface area contributed by atoms with Gasteiger partial charge in [0.25, 0.3) is 5.91 Å². The van der Waals surface area contributed by atoms with Gasteiger partial charge in [0, 0.05) is 56.1 Å². The van der Waals surface area contributed by atoms with E-state index >= 15 is 0 Å². The summed E-state index contributed by atoms with van der Waals surface area (Å²) in [4.78, 5) is 26.3. The second kappa shape index (κ2) is 8.59. The first-order chi connectivity index (χ1) is 15.1. The second-order valence-corrected chi connectivity index (χ2v) is 9.11. The Hall–Kier alpha value is -2.45. The standard InChI is InChI=1S/C22H19Cl2N5OS/c23-17-5-4-15(11-18(17)24)21-26-19(14-31-21)22(30)28-9-7-27(8-10-28)12-16-13-29-6-2-1-3-20(29)25-16/h1-6,11,13-14H,7-10,12H2. The number of pyridine rings is 1. The summed E-state index contributed by atoms with van der Waals surface area (Å²) in [5, 5.41) is 3.54. The van der Waals surface area contributed by atoms with Crippen molar-refractivity contribution in [2.24, 2.45) is 0 Å². The van der Waals surface area contributed by atoms with E-state index in [1.165, 1.54) is 11.3 Å². The molecule has 1 fully saturated rings. The first-order valence-corrected chi connectivity index (χ1v) is 11.6. The quantitative estimate of drug-likeness (QED) is 0.431. The number of carbonyl (C=O) groups excluding carboxylic acids is 1. The molecule has 158 valence electrons. The van der Waals surface area contributed by atoms with E-state index in [4.69, 9.17) is 23.2 Å². The summed E-state index contributed by atoms with van der Waals surface area (Å²) in [5.74, 6) is -0.0325. The lowest BCUT2D eigenvalue weighted by atomic mass is 10.2. The third-order valence-corrected chi connectivity index (χ3v) is 6.98. The Morgan fingerprint density at radius 3 is 2.65 bits per heavy atom. The largest absolute Gasteiger partial charge is 0.335 e. The Bertz CT molecular complexity index is 1210. The molecule has 0 unspecified atom stereocenters. The van der Waals surface area contributed by atoms with Crippen molar-refractivity contribution in [2.75, 3.05) is 26.2 Å². The molecule has 0 spiro atoms. The SMILES string of the molecule is O=C(c1csc(-c2ccc(Cl)c(Cl)c2)n1)N1CCN(Cc2cn3ccccc3n2)CC1. The molecule has 0 saturated carbocycles. The molecule has 4 aromatic rings. The molecule has 3 aromatic heterocycles. The summed E-state index contributed by atoms with van der Waals surface area (Å²) in [7, 11) is 0. The highest BCUT2D eigenvalue weighted by molar-refractivity contribution is 7.13. The van der Waals surface area contributed by atoms with Crippen molar-refractivity contribution in [3.8, 4) is 10.6 Å². The van der Waals surface area contributed by atoms with Gasteiger partial charge in [-0.15, -0.1) is 11.3 Å². The Balaban J connectivity index is 1.21. The van der Waals surface area contributed by atoms with Gasteiger partial charge in [-0.2, -0.15) is 0 Å². The maximum atomic E-state index is 12.9. The molecule has 1 amide bonds. The Kier molecular flexibility index (Phi) is 5.67. The monoisotopic (exact) mass is 471 g/mol. The molecule has 9 heteroatoms. The molecule has 31 heavy (non-hydrogen) atoms. The number of halogens is 2. The first kappa shape index (κ1) is 20.5. The highest BCUT2D eigenvalue weighted by Crippen LogP contribution is 2.30. The number of amides is 1. The fraction of sp³-hybridized carbons (Fsp3) is 0.227. The number of piperazine rings is 1. The van der Waals surface area contributed by atoms with Crippen molar-refractivity contribution in [1.29, 1.82) is 0 Å². The molecule has 4 heterocycles. The number of hydrogen-bond donors (Lipinski definition) is 0. The Morgan fingerprint density at radius 1 is 1.03 bits per heavy atom. The molecular weight excluding hydrogens is 453 g/mol. The minimum Gasteiger partial charge on any atom is -0.335 e. The van der Waals surface area contributed by atoms with Crippen molar-refractivity contribution < 1.29 is 4.79 Å². The van der Waals surface area contributed by atoms with Gasteiger partial charge in [0.15, 0.2) is 0 Å². The lowest BCUT2D eigenvalue weighted by Crippen LogP contribution is -2.48. The van der Waals surface area contributed by atoms with E-state index in [1.807, 2.05) is 45.1 Å². The molecule has 1 aliphatic rings. The number of imidazole rings is 1. The molecule has 0 aliphatic carbocycles. The number of nitrogens with zero attached hydrogens (tertiary/aromatic N) is 5. The fourth-order valence-corrected chi connectivity index (χ4v) is 4.79. The minimum absolute atomic E-state index is 0.0325. The number of hydrogen-bond acceptors (Lipinski definition) is 5. The van der Waals surface area contributed by atoms with Crippen LogP contribution in [0.15, 0.2) is 54.2 Å². The maximum absolute atomic E-state index is 12.9. The van der Waals surface area contributed by atoms with Gasteiger partial charge < -0.3 is 9.30 Å². The number of carbonyl (C=O) groups is 1. The predicted molar refractivity (Wildman–Crippen MR) is 124 cm³/mol. The molecule has 0 atom stereocenters. The molecule has 5 rings (SSSR count). The molecule has 1 aliphatic heterocycles. The average molecular weight is 472 g/mol. The van der Waals surface area contributed by atoms with Gasteiger partial charge in [-0.1, -0.05) is 35.3 Å². The van der Waals surface area contributed by atoms with Crippen LogP contribution in [0.25, 0.3) is 16.2 Å². The second-order valence-electron chi connectivity index (χ2n) is 7.43.